The van der Waals surface area contributed by atoms with E-state index in [2.05, 4.69) is 32.6 Å². The first-order chi connectivity index (χ1) is 14.7. The molecule has 0 unspecified atom stereocenters. The molecule has 0 aromatic heterocycles. The SMILES string of the molecule is CC(C)CN(Cc1c(O)ccc2c1O/C(=C/c1ccc(N(C)C)cc1)C2=O)CC(C)C. The molecule has 0 fully saturated rings. The lowest BCUT2D eigenvalue weighted by molar-refractivity contribution is 0.101. The molecule has 5 heteroatoms. The van der Waals surface area contributed by atoms with E-state index in [4.69, 9.17) is 4.74 Å². The number of benzene rings is 2. The molecule has 0 saturated heterocycles. The minimum Gasteiger partial charge on any atom is -0.507 e. The number of hydrogen-bond acceptors (Lipinski definition) is 5. The molecule has 0 aliphatic carbocycles. The third-order valence-electron chi connectivity index (χ3n) is 5.25. The van der Waals surface area contributed by atoms with Crippen molar-refractivity contribution >= 4 is 17.5 Å². The van der Waals surface area contributed by atoms with Gasteiger partial charge in [0.05, 0.1) is 11.1 Å². The number of ether oxygens (including phenoxy) is 1. The van der Waals surface area contributed by atoms with Gasteiger partial charge in [-0.25, -0.2) is 0 Å². The molecule has 1 aliphatic rings. The van der Waals surface area contributed by atoms with E-state index in [1.54, 1.807) is 18.2 Å². The van der Waals surface area contributed by atoms with Crippen LogP contribution in [0.3, 0.4) is 0 Å². The molecule has 5 nitrogen and oxygen atoms in total. The predicted octanol–water partition coefficient (Wildman–Crippen LogP) is 5.19. The van der Waals surface area contributed by atoms with Gasteiger partial charge in [0.2, 0.25) is 5.78 Å². The van der Waals surface area contributed by atoms with Crippen LogP contribution in [0.5, 0.6) is 11.5 Å². The lowest BCUT2D eigenvalue weighted by Crippen LogP contribution is -2.31. The summed E-state index contributed by atoms with van der Waals surface area (Å²) in [5.41, 5.74) is 3.18. The Kier molecular flexibility index (Phi) is 7.06. The number of anilines is 1. The second-order valence-electron chi connectivity index (χ2n) is 9.35. The first-order valence-corrected chi connectivity index (χ1v) is 10.9. The molecule has 2 aromatic rings. The van der Waals surface area contributed by atoms with Crippen molar-refractivity contribution < 1.29 is 14.6 Å². The highest BCUT2D eigenvalue weighted by Gasteiger charge is 2.31. The van der Waals surface area contributed by atoms with Crippen LogP contribution < -0.4 is 9.64 Å². The van der Waals surface area contributed by atoms with Gasteiger partial charge in [0.1, 0.15) is 11.5 Å². The highest BCUT2D eigenvalue weighted by Crippen LogP contribution is 2.40. The van der Waals surface area contributed by atoms with Crippen molar-refractivity contribution in [3.8, 4) is 11.5 Å². The Hall–Kier alpha value is -2.79. The molecule has 0 bridgehead atoms. The van der Waals surface area contributed by atoms with Crippen LogP contribution in [0.1, 0.15) is 49.2 Å². The molecule has 0 amide bonds. The number of hydrogen-bond donors (Lipinski definition) is 1. The predicted molar refractivity (Wildman–Crippen MR) is 127 cm³/mol. The largest absolute Gasteiger partial charge is 0.507 e. The molecule has 0 radical (unpaired) electrons. The van der Waals surface area contributed by atoms with E-state index >= 15 is 0 Å². The van der Waals surface area contributed by atoms with Crippen LogP contribution >= 0.6 is 0 Å². The summed E-state index contributed by atoms with van der Waals surface area (Å²) in [6.07, 6.45) is 1.77. The number of aromatic hydroxyl groups is 1. The number of rotatable bonds is 8. The normalized spacial score (nSPS) is 14.6. The van der Waals surface area contributed by atoms with Crippen molar-refractivity contribution in [3.05, 3.63) is 58.8 Å². The first-order valence-electron chi connectivity index (χ1n) is 10.9. The summed E-state index contributed by atoms with van der Waals surface area (Å²) in [5.74, 6) is 1.80. The second-order valence-corrected chi connectivity index (χ2v) is 9.35. The van der Waals surface area contributed by atoms with Crippen LogP contribution in [0.15, 0.2) is 42.2 Å². The maximum Gasteiger partial charge on any atom is 0.231 e. The Bertz CT molecular complexity index is 949. The molecule has 0 atom stereocenters. The van der Waals surface area contributed by atoms with Gasteiger partial charge in [-0.2, -0.15) is 0 Å². The number of fused-ring (bicyclic) bond motifs is 1. The van der Waals surface area contributed by atoms with Gasteiger partial charge in [-0.05, 0) is 47.7 Å². The summed E-state index contributed by atoms with van der Waals surface area (Å²) >= 11 is 0. The van der Waals surface area contributed by atoms with E-state index in [9.17, 15) is 9.90 Å². The zero-order chi connectivity index (χ0) is 22.7. The van der Waals surface area contributed by atoms with Crippen LogP contribution in [-0.4, -0.2) is 43.0 Å². The van der Waals surface area contributed by atoms with Crippen molar-refractivity contribution in [1.29, 1.82) is 0 Å². The van der Waals surface area contributed by atoms with Gasteiger partial charge in [-0.1, -0.05) is 39.8 Å². The molecule has 0 saturated carbocycles. The molecule has 31 heavy (non-hydrogen) atoms. The minimum absolute atomic E-state index is 0.146. The maximum absolute atomic E-state index is 13.0. The highest BCUT2D eigenvalue weighted by atomic mass is 16.5. The Morgan fingerprint density at radius 2 is 1.58 bits per heavy atom. The molecule has 166 valence electrons. The summed E-state index contributed by atoms with van der Waals surface area (Å²) in [6.45, 7) is 11.1. The number of Topliss-reactive ketones (excluding diaryl/α,β-unsaturated/α-hetero) is 1. The van der Waals surface area contributed by atoms with Crippen molar-refractivity contribution in [1.82, 2.24) is 4.90 Å². The molecule has 1 heterocycles. The molecule has 2 aromatic carbocycles. The monoisotopic (exact) mass is 422 g/mol. The summed E-state index contributed by atoms with van der Waals surface area (Å²) in [7, 11) is 3.98. The van der Waals surface area contributed by atoms with E-state index < -0.39 is 0 Å². The summed E-state index contributed by atoms with van der Waals surface area (Å²) in [4.78, 5) is 17.3. The minimum atomic E-state index is -0.146. The quantitative estimate of drug-likeness (QED) is 0.594. The fourth-order valence-electron chi connectivity index (χ4n) is 3.93. The smallest absolute Gasteiger partial charge is 0.231 e. The van der Waals surface area contributed by atoms with Crippen LogP contribution in [0, 0.1) is 11.8 Å². The van der Waals surface area contributed by atoms with Crippen molar-refractivity contribution in [2.45, 2.75) is 34.2 Å². The lowest BCUT2D eigenvalue weighted by atomic mass is 10.0. The average Bonchev–Trinajstić information content (AvgIpc) is 2.99. The lowest BCUT2D eigenvalue weighted by Gasteiger charge is -2.27. The van der Waals surface area contributed by atoms with Crippen molar-refractivity contribution in [2.75, 3.05) is 32.1 Å². The third kappa shape index (κ3) is 5.47. The van der Waals surface area contributed by atoms with E-state index in [1.165, 1.54) is 0 Å². The van der Waals surface area contributed by atoms with E-state index in [-0.39, 0.29) is 11.5 Å². The van der Waals surface area contributed by atoms with Gasteiger partial charge in [0.25, 0.3) is 0 Å². The Labute approximate surface area is 185 Å². The molecule has 3 rings (SSSR count). The number of allylic oxidation sites excluding steroid dienone is 1. The topological polar surface area (TPSA) is 53.0 Å². The third-order valence-corrected chi connectivity index (χ3v) is 5.25. The Morgan fingerprint density at radius 3 is 2.13 bits per heavy atom. The average molecular weight is 423 g/mol. The van der Waals surface area contributed by atoms with E-state index in [0.29, 0.717) is 41.0 Å². The van der Waals surface area contributed by atoms with Crippen LogP contribution in [-0.2, 0) is 6.54 Å². The summed E-state index contributed by atoms with van der Waals surface area (Å²) < 4.78 is 6.04. The van der Waals surface area contributed by atoms with Crippen molar-refractivity contribution in [2.24, 2.45) is 11.8 Å². The summed E-state index contributed by atoms with van der Waals surface area (Å²) in [6, 6.07) is 11.2. The fourth-order valence-corrected chi connectivity index (χ4v) is 3.93. The van der Waals surface area contributed by atoms with E-state index in [0.717, 1.165) is 24.3 Å². The van der Waals surface area contributed by atoms with Gasteiger partial charge in [0.15, 0.2) is 5.76 Å². The van der Waals surface area contributed by atoms with Crippen molar-refractivity contribution in [3.63, 3.8) is 0 Å². The Morgan fingerprint density at radius 1 is 0.968 bits per heavy atom. The first kappa shape index (κ1) is 22.9. The van der Waals surface area contributed by atoms with Crippen LogP contribution in [0.4, 0.5) is 5.69 Å². The highest BCUT2D eigenvalue weighted by molar-refractivity contribution is 6.15. The number of phenolic OH excluding ortho intramolecular Hbond substituents is 1. The number of carbonyl (C=O) groups is 1. The van der Waals surface area contributed by atoms with Gasteiger partial charge >= 0.3 is 0 Å². The fraction of sp³-hybridized carbons (Fsp3) is 0.423. The Balaban J connectivity index is 1.90. The zero-order valence-electron chi connectivity index (χ0n) is 19.5. The molecule has 1 aliphatic heterocycles. The molecule has 1 N–H and O–H groups in total. The van der Waals surface area contributed by atoms with Gasteiger partial charge in [-0.3, -0.25) is 9.69 Å². The molecule has 0 spiro atoms. The standard InChI is InChI=1S/C26H34N2O3/c1-17(2)14-28(15-18(3)4)16-22-23(29)12-11-21-25(30)24(31-26(21)22)13-19-7-9-20(10-8-19)27(5)6/h7-13,17-18,29H,14-16H2,1-6H3/b24-13+. The van der Waals surface area contributed by atoms with Crippen LogP contribution in [0.2, 0.25) is 0 Å². The van der Waals surface area contributed by atoms with Gasteiger partial charge in [-0.15, -0.1) is 0 Å². The van der Waals surface area contributed by atoms with Gasteiger partial charge in [0, 0.05) is 39.4 Å². The van der Waals surface area contributed by atoms with E-state index in [1.807, 2.05) is 43.3 Å². The molecular formula is C26H34N2O3. The van der Waals surface area contributed by atoms with Gasteiger partial charge < -0.3 is 14.7 Å². The van der Waals surface area contributed by atoms with Crippen LogP contribution in [0.25, 0.3) is 6.08 Å². The second kappa shape index (κ2) is 9.56. The molecular weight excluding hydrogens is 388 g/mol. The zero-order valence-corrected chi connectivity index (χ0v) is 19.5. The maximum atomic E-state index is 13.0. The number of ketones is 1. The number of carbonyl (C=O) groups excluding carboxylic acids is 1. The number of phenols is 1. The number of nitrogens with zero attached hydrogens (tertiary/aromatic N) is 2. The summed E-state index contributed by atoms with van der Waals surface area (Å²) in [5, 5.41) is 10.6.